The fourth-order valence-corrected chi connectivity index (χ4v) is 10.6. The van der Waals surface area contributed by atoms with Gasteiger partial charge in [0.1, 0.15) is 24.4 Å². The van der Waals surface area contributed by atoms with E-state index in [0.717, 1.165) is 25.0 Å². The van der Waals surface area contributed by atoms with E-state index in [4.69, 9.17) is 18.9 Å². The standard InChI is InChI=1S/C58H76N6O20S2/c1-35(65)63-47-41(67)31-57(55(77)78,83-51(47)49(73)43(69)33-61-45(71)21-15-37-11-5-3-6-12-37)81-25-9-27-85-29-23-59-53(75)39-17-19-40(20-18-39)54(76)60-24-30-86-28-10-26-82-58(56(79)80)32-42(68)48(64-36(2)66)52(84-58)50(74)44(70)34-62-46(72)22-16-38-13-7-4-8-14-38/h3-8,11-22,41-44,47-52,67-70,73-74H,9-10,23-34H2,1-2H3,(H,59,75)(H,60,76)(H,61,71)(H,62,72)(H,63,65)(H,64,66)(H,77,78)(H,79,80)/b21-15+,22-16+/t41-,42-,43+,44+,47+,48+,49+,50+,51+,52+,57+,58+/m0/s1. The van der Waals surface area contributed by atoms with Gasteiger partial charge in [0.25, 0.3) is 23.4 Å². The fourth-order valence-electron chi connectivity index (χ4n) is 9.03. The van der Waals surface area contributed by atoms with Gasteiger partial charge in [0.05, 0.1) is 49.7 Å². The van der Waals surface area contributed by atoms with E-state index in [1.165, 1.54) is 72.1 Å². The third kappa shape index (κ3) is 21.9. The van der Waals surface area contributed by atoms with Crippen LogP contribution in [0.4, 0.5) is 0 Å². The van der Waals surface area contributed by atoms with Crippen molar-refractivity contribution in [1.82, 2.24) is 31.9 Å². The summed E-state index contributed by atoms with van der Waals surface area (Å²) in [5, 5.41) is 102. The minimum Gasteiger partial charge on any atom is -0.477 e. The highest BCUT2D eigenvalue weighted by Gasteiger charge is 2.57. The Morgan fingerprint density at radius 2 is 0.919 bits per heavy atom. The number of carbonyl (C=O) groups excluding carboxylic acids is 6. The zero-order chi connectivity index (χ0) is 62.8. The van der Waals surface area contributed by atoms with E-state index in [2.05, 4.69) is 31.9 Å². The minimum absolute atomic E-state index is 0.178. The van der Waals surface area contributed by atoms with E-state index in [-0.39, 0.29) is 26.3 Å². The highest BCUT2D eigenvalue weighted by Crippen LogP contribution is 2.35. The average Bonchev–Trinajstić information content (AvgIpc) is 1.33. The molecule has 2 aliphatic heterocycles. The summed E-state index contributed by atoms with van der Waals surface area (Å²) in [7, 11) is 0. The van der Waals surface area contributed by atoms with E-state index < -0.39 is 146 Å². The number of nitrogens with one attached hydrogen (secondary N) is 6. The van der Waals surface area contributed by atoms with Crippen molar-refractivity contribution in [2.75, 3.05) is 62.4 Å². The lowest BCUT2D eigenvalue weighted by atomic mass is 9.88. The molecule has 28 heteroatoms. The number of thioether (sulfide) groups is 2. The van der Waals surface area contributed by atoms with E-state index in [0.29, 0.717) is 47.0 Å². The minimum atomic E-state index is -2.48. The lowest BCUT2D eigenvalue weighted by molar-refractivity contribution is -0.310. The van der Waals surface area contributed by atoms with Gasteiger partial charge in [-0.05, 0) is 71.9 Å². The van der Waals surface area contributed by atoms with Crippen LogP contribution in [0.15, 0.2) is 97.1 Å². The van der Waals surface area contributed by atoms with Gasteiger partial charge in [0.2, 0.25) is 23.6 Å². The molecule has 26 nitrogen and oxygen atoms in total. The van der Waals surface area contributed by atoms with Crippen molar-refractivity contribution in [1.29, 1.82) is 0 Å². The van der Waals surface area contributed by atoms with Crippen molar-refractivity contribution in [2.45, 2.75) is 112 Å². The van der Waals surface area contributed by atoms with Gasteiger partial charge in [-0.2, -0.15) is 23.5 Å². The van der Waals surface area contributed by atoms with Gasteiger partial charge in [-0.25, -0.2) is 9.59 Å². The van der Waals surface area contributed by atoms with Crippen LogP contribution >= 0.6 is 23.5 Å². The first kappa shape index (κ1) is 70.0. The van der Waals surface area contributed by atoms with Crippen LogP contribution in [0.3, 0.4) is 0 Å². The van der Waals surface area contributed by atoms with Crippen molar-refractivity contribution >= 4 is 83.1 Å². The third-order valence-electron chi connectivity index (χ3n) is 13.4. The maximum absolute atomic E-state index is 12.9. The van der Waals surface area contributed by atoms with Crippen molar-refractivity contribution in [3.63, 3.8) is 0 Å². The number of aliphatic hydroxyl groups excluding tert-OH is 6. The molecule has 0 bridgehead atoms. The first-order chi connectivity index (χ1) is 41.0. The topological polar surface area (TPSA) is 408 Å². The lowest BCUT2D eigenvalue weighted by Gasteiger charge is -2.46. The first-order valence-electron chi connectivity index (χ1n) is 27.6. The Morgan fingerprint density at radius 1 is 0.558 bits per heavy atom. The van der Waals surface area contributed by atoms with E-state index >= 15 is 0 Å². The van der Waals surface area contributed by atoms with Gasteiger partial charge >= 0.3 is 11.9 Å². The Morgan fingerprint density at radius 3 is 1.26 bits per heavy atom. The molecule has 2 heterocycles. The SMILES string of the molecule is CC(=O)N[C@H]1[C@H]([C@H](O)[C@H](O)CNC(=O)/C=C/c2ccccc2)O[C@@](OCCCSCCNC(=O)c2ccc(C(=O)NCCSCCCO[C@]3(C(=O)O)C[C@H](O)[C@@H](NC(C)=O)[C@H]([C@H](O)[C@H](O)CNC(=O)/C=C/c4ccccc4)O3)cc2)(C(=O)O)C[C@@H]1O. The maximum Gasteiger partial charge on any atom is 0.364 e. The number of ether oxygens (including phenoxy) is 4. The molecular formula is C58H76N6O20S2. The predicted octanol–water partition coefficient (Wildman–Crippen LogP) is -0.600. The molecule has 470 valence electrons. The summed E-state index contributed by atoms with van der Waals surface area (Å²) in [5.74, 6) is -9.64. The van der Waals surface area contributed by atoms with Gasteiger partial charge < -0.3 is 91.7 Å². The van der Waals surface area contributed by atoms with Crippen LogP contribution < -0.4 is 31.9 Å². The molecule has 0 spiro atoms. The van der Waals surface area contributed by atoms with Crippen molar-refractivity contribution in [3.05, 3.63) is 119 Å². The normalized spacial score (nSPS) is 23.5. The molecule has 86 heavy (non-hydrogen) atoms. The van der Waals surface area contributed by atoms with Crippen LogP contribution in [0.5, 0.6) is 0 Å². The van der Waals surface area contributed by atoms with Crippen molar-refractivity contribution < 1.29 is 98.2 Å². The largest absolute Gasteiger partial charge is 0.477 e. The Bertz CT molecular complexity index is 2580. The highest BCUT2D eigenvalue weighted by atomic mass is 32.2. The quantitative estimate of drug-likeness (QED) is 0.0262. The number of carboxylic acids is 2. The average molecular weight is 1240 g/mol. The molecule has 0 aromatic heterocycles. The molecule has 5 rings (SSSR count). The summed E-state index contributed by atoms with van der Waals surface area (Å²) in [6.07, 6.45) is -9.03. The fraction of sp³-hybridized carbons (Fsp3) is 0.483. The second kappa shape index (κ2) is 35.1. The molecule has 0 unspecified atom stereocenters. The smallest absolute Gasteiger partial charge is 0.364 e. The van der Waals surface area contributed by atoms with Crippen LogP contribution in [0.2, 0.25) is 0 Å². The van der Waals surface area contributed by atoms with Crippen LogP contribution in [0.25, 0.3) is 12.2 Å². The number of aliphatic hydroxyl groups is 6. The van der Waals surface area contributed by atoms with Gasteiger partial charge in [-0.15, -0.1) is 0 Å². The number of benzene rings is 3. The van der Waals surface area contributed by atoms with Gasteiger partial charge in [-0.3, -0.25) is 28.8 Å². The number of carbonyl (C=O) groups is 8. The summed E-state index contributed by atoms with van der Waals surface area (Å²) in [5.41, 5.74) is 2.08. The van der Waals surface area contributed by atoms with Gasteiger partial charge in [0, 0.05) is 87.7 Å². The molecule has 3 aromatic carbocycles. The first-order valence-corrected chi connectivity index (χ1v) is 29.9. The molecule has 2 saturated heterocycles. The summed E-state index contributed by atoms with van der Waals surface area (Å²) < 4.78 is 23.0. The monoisotopic (exact) mass is 1240 g/mol. The third-order valence-corrected chi connectivity index (χ3v) is 15.6. The summed E-state index contributed by atoms with van der Waals surface area (Å²) >= 11 is 2.84. The lowest BCUT2D eigenvalue weighted by Crippen LogP contribution is -2.68. The molecule has 6 amide bonds. The number of amides is 6. The highest BCUT2D eigenvalue weighted by molar-refractivity contribution is 7.99. The molecule has 0 saturated carbocycles. The Labute approximate surface area is 504 Å². The van der Waals surface area contributed by atoms with E-state index in [1.807, 2.05) is 12.1 Å². The number of carboxylic acid groups (broad SMARTS) is 2. The van der Waals surface area contributed by atoms with E-state index in [1.54, 1.807) is 48.5 Å². The van der Waals surface area contributed by atoms with Crippen LogP contribution in [0, 0.1) is 0 Å². The van der Waals surface area contributed by atoms with Crippen molar-refractivity contribution in [2.24, 2.45) is 0 Å². The Hall–Kier alpha value is -6.80. The second-order valence-electron chi connectivity index (χ2n) is 20.1. The zero-order valence-corrected chi connectivity index (χ0v) is 49.0. The van der Waals surface area contributed by atoms with Crippen LogP contribution in [-0.4, -0.2) is 223 Å². The summed E-state index contributed by atoms with van der Waals surface area (Å²) in [6.45, 7) is 1.45. The molecule has 0 radical (unpaired) electrons. The van der Waals surface area contributed by atoms with E-state index in [9.17, 15) is 79.2 Å². The summed E-state index contributed by atoms with van der Waals surface area (Å²) in [4.78, 5) is 99.9. The molecule has 0 aliphatic carbocycles. The van der Waals surface area contributed by atoms with Crippen LogP contribution in [0.1, 0.15) is 71.4 Å². The van der Waals surface area contributed by atoms with Crippen molar-refractivity contribution in [3.8, 4) is 0 Å². The molecule has 14 N–H and O–H groups in total. The second-order valence-corrected chi connectivity index (χ2v) is 22.5. The molecule has 3 aromatic rings. The molecule has 2 aliphatic rings. The Kier molecular flexibility index (Phi) is 28.6. The Balaban J connectivity index is 0.975. The number of hydrogen-bond acceptors (Lipinski definition) is 20. The molecular weight excluding hydrogens is 1160 g/mol. The molecule has 12 atom stereocenters. The summed E-state index contributed by atoms with van der Waals surface area (Å²) in [6, 6.07) is 21.1. The number of hydrogen-bond donors (Lipinski definition) is 14. The molecule has 2 fully saturated rings. The maximum atomic E-state index is 12.9. The van der Waals surface area contributed by atoms with Gasteiger partial charge in [-0.1, -0.05) is 60.7 Å². The number of rotatable bonds is 34. The van der Waals surface area contributed by atoms with Gasteiger partial charge in [0.15, 0.2) is 0 Å². The van der Waals surface area contributed by atoms with Crippen LogP contribution in [-0.2, 0) is 47.7 Å². The predicted molar refractivity (Wildman–Crippen MR) is 315 cm³/mol. The number of aliphatic carboxylic acids is 2. The zero-order valence-electron chi connectivity index (χ0n) is 47.4.